The highest BCUT2D eigenvalue weighted by Gasteiger charge is 2.85. The molecule has 1 unspecified atom stereocenters. The van der Waals surface area contributed by atoms with Crippen molar-refractivity contribution in [3.05, 3.63) is 0 Å². The van der Waals surface area contributed by atoms with Crippen LogP contribution >= 0.6 is 0 Å². The first-order valence-corrected chi connectivity index (χ1v) is 17.2. The number of Topliss-reactive ketones (excluding diaryl/α,β-unsaturated/α-hetero) is 1. The van der Waals surface area contributed by atoms with E-state index < -0.39 is 41.6 Å². The van der Waals surface area contributed by atoms with Crippen molar-refractivity contribution in [2.75, 3.05) is 6.61 Å². The Kier molecular flexibility index (Phi) is 7.87. The highest BCUT2D eigenvalue weighted by atomic mass is 16.7. The first-order valence-electron chi connectivity index (χ1n) is 17.2. The van der Waals surface area contributed by atoms with E-state index in [-0.39, 0.29) is 57.9 Å². The Morgan fingerprint density at radius 2 is 1.73 bits per heavy atom. The van der Waals surface area contributed by atoms with E-state index in [0.717, 1.165) is 44.9 Å². The molecule has 6 aliphatic rings. The van der Waals surface area contributed by atoms with Crippen LogP contribution in [0.4, 0.5) is 0 Å². The van der Waals surface area contributed by atoms with Crippen LogP contribution in [0.2, 0.25) is 0 Å². The molecule has 1 N–H and O–H groups in total. The normalized spacial score (nSPS) is 47.6. The molecule has 0 aromatic rings. The van der Waals surface area contributed by atoms with Crippen molar-refractivity contribution in [2.45, 2.75) is 143 Å². The van der Waals surface area contributed by atoms with E-state index in [4.69, 9.17) is 18.9 Å². The predicted molar refractivity (Wildman–Crippen MR) is 164 cm³/mol. The van der Waals surface area contributed by atoms with E-state index in [2.05, 4.69) is 34.6 Å². The van der Waals surface area contributed by atoms with Gasteiger partial charge in [-0.15, -0.1) is 0 Å². The number of aldehydes is 2. The van der Waals surface area contributed by atoms with Gasteiger partial charge < -0.3 is 28.8 Å². The molecule has 6 fully saturated rings. The molecule has 252 valence electrons. The van der Waals surface area contributed by atoms with Gasteiger partial charge in [-0.25, -0.2) is 0 Å². The van der Waals surface area contributed by atoms with Gasteiger partial charge in [-0.1, -0.05) is 34.6 Å². The third kappa shape index (κ3) is 4.45. The lowest BCUT2D eigenvalue weighted by Crippen LogP contribution is -2.59. The first-order chi connectivity index (χ1) is 20.9. The fourth-order valence-electron chi connectivity index (χ4n) is 12.7. The van der Waals surface area contributed by atoms with Crippen LogP contribution in [-0.4, -0.2) is 72.3 Å². The van der Waals surface area contributed by atoms with Crippen LogP contribution in [0, 0.1) is 50.7 Å². The minimum Gasteiger partial charge on any atom is -0.457 e. The number of carbonyl (C=O) groups excluding carboxylic acids is 4. The van der Waals surface area contributed by atoms with Gasteiger partial charge in [0.25, 0.3) is 0 Å². The molecule has 0 bridgehead atoms. The van der Waals surface area contributed by atoms with Gasteiger partial charge in [-0.2, -0.15) is 0 Å². The largest absolute Gasteiger partial charge is 0.457 e. The molecular formula is C36H54O9. The average molecular weight is 631 g/mol. The lowest BCUT2D eigenvalue weighted by Gasteiger charge is -2.62. The zero-order valence-corrected chi connectivity index (χ0v) is 28.4. The van der Waals surface area contributed by atoms with Crippen molar-refractivity contribution in [3.63, 3.8) is 0 Å². The summed E-state index contributed by atoms with van der Waals surface area (Å²) in [6.45, 7) is 15.8. The third-order valence-corrected chi connectivity index (χ3v) is 14.6. The maximum absolute atomic E-state index is 14.9. The molecule has 2 spiro atoms. The molecule has 1 aliphatic heterocycles. The van der Waals surface area contributed by atoms with Gasteiger partial charge in [0.05, 0.1) is 17.8 Å². The van der Waals surface area contributed by atoms with Crippen LogP contribution in [0.25, 0.3) is 0 Å². The van der Waals surface area contributed by atoms with Crippen LogP contribution in [0.3, 0.4) is 0 Å². The fourth-order valence-corrected chi connectivity index (χ4v) is 12.7. The number of ether oxygens (including phenoxy) is 4. The van der Waals surface area contributed by atoms with Crippen LogP contribution in [0.15, 0.2) is 0 Å². The Bertz CT molecular complexity index is 1240. The Morgan fingerprint density at radius 3 is 2.36 bits per heavy atom. The number of aliphatic hydroxyl groups is 1. The van der Waals surface area contributed by atoms with E-state index in [1.165, 1.54) is 6.92 Å². The van der Waals surface area contributed by atoms with Crippen molar-refractivity contribution in [1.82, 2.24) is 0 Å². The van der Waals surface area contributed by atoms with E-state index in [1.54, 1.807) is 13.8 Å². The average Bonchev–Trinajstić information content (AvgIpc) is 3.59. The van der Waals surface area contributed by atoms with E-state index in [0.29, 0.717) is 24.9 Å². The zero-order chi connectivity index (χ0) is 33.0. The fraction of sp³-hybridized carbons (Fsp3) is 0.889. The van der Waals surface area contributed by atoms with Gasteiger partial charge in [0.15, 0.2) is 18.2 Å². The number of hydrogen-bond acceptors (Lipinski definition) is 9. The van der Waals surface area contributed by atoms with E-state index in [9.17, 15) is 24.3 Å². The molecule has 0 aromatic heterocycles. The van der Waals surface area contributed by atoms with Gasteiger partial charge in [0.1, 0.15) is 19.0 Å². The zero-order valence-electron chi connectivity index (χ0n) is 28.4. The molecule has 0 amide bonds. The Balaban J connectivity index is 1.28. The SMILES string of the molecule is CC(=O)O[C@@H]([C@H]1C[C@@H](C)[C@H]2[C@H](O1)C(=O)[C@@]1(C)[C@@H]3CC[C@H]4C(C)(C)[C@@H](O[C@@H](C=O)OCC=O)CC[C@@]45CC35CC[C@]21C)C(C)(C)O. The second-order valence-electron chi connectivity index (χ2n) is 17.2. The lowest BCUT2D eigenvalue weighted by molar-refractivity contribution is -0.221. The van der Waals surface area contributed by atoms with Crippen molar-refractivity contribution >= 4 is 24.3 Å². The van der Waals surface area contributed by atoms with Crippen LogP contribution in [-0.2, 0) is 38.1 Å². The van der Waals surface area contributed by atoms with Crippen LogP contribution < -0.4 is 0 Å². The minimum atomic E-state index is -1.31. The van der Waals surface area contributed by atoms with Crippen LogP contribution in [0.5, 0.6) is 0 Å². The molecule has 45 heavy (non-hydrogen) atoms. The topological polar surface area (TPSA) is 125 Å². The second kappa shape index (κ2) is 10.7. The number of hydrogen-bond donors (Lipinski definition) is 1. The number of esters is 1. The number of ketones is 1. The molecule has 13 atom stereocenters. The highest BCUT2D eigenvalue weighted by molar-refractivity contribution is 5.93. The van der Waals surface area contributed by atoms with Gasteiger partial charge in [-0.05, 0) is 105 Å². The molecule has 9 nitrogen and oxygen atoms in total. The van der Waals surface area contributed by atoms with E-state index >= 15 is 0 Å². The van der Waals surface area contributed by atoms with E-state index in [1.807, 2.05) is 0 Å². The van der Waals surface area contributed by atoms with Gasteiger partial charge in [0, 0.05) is 18.3 Å². The smallest absolute Gasteiger partial charge is 0.303 e. The molecule has 0 radical (unpaired) electrons. The van der Waals surface area contributed by atoms with Gasteiger partial charge >= 0.3 is 5.97 Å². The third-order valence-electron chi connectivity index (χ3n) is 14.6. The molecule has 0 aromatic carbocycles. The van der Waals surface area contributed by atoms with Gasteiger partial charge in [0.2, 0.25) is 6.29 Å². The monoisotopic (exact) mass is 630 g/mol. The summed E-state index contributed by atoms with van der Waals surface area (Å²) in [7, 11) is 0. The number of fused-ring (bicyclic) bond motifs is 4. The summed E-state index contributed by atoms with van der Waals surface area (Å²) in [6, 6.07) is 0. The predicted octanol–water partition coefficient (Wildman–Crippen LogP) is 4.84. The van der Waals surface area contributed by atoms with Crippen molar-refractivity contribution < 1.29 is 43.2 Å². The van der Waals surface area contributed by atoms with Crippen LogP contribution in [0.1, 0.15) is 107 Å². The summed E-state index contributed by atoms with van der Waals surface area (Å²) in [5.74, 6) is 0.636. The van der Waals surface area contributed by atoms with Crippen molar-refractivity contribution in [2.24, 2.45) is 50.7 Å². The summed E-state index contributed by atoms with van der Waals surface area (Å²) < 4.78 is 23.9. The summed E-state index contributed by atoms with van der Waals surface area (Å²) >= 11 is 0. The van der Waals surface area contributed by atoms with Gasteiger partial charge in [-0.3, -0.25) is 14.4 Å². The molecule has 9 heteroatoms. The molecule has 5 aliphatic carbocycles. The van der Waals surface area contributed by atoms with Crippen molar-refractivity contribution in [1.29, 1.82) is 0 Å². The standard InChI is InChI=1S/C36H54O9/c1-20-17-22(30(32(5,6)41)43-21(2)39)44-28-27(20)33(7)13-14-36-19-35(36)12-11-25(45-26(18-38)42-16-15-37)31(3,4)23(35)9-10-24(36)34(33,8)29(28)40/h15,18,20,22-28,30,41H,9-14,16-17,19H2,1-8H3/t20-,22-,23+,24+,25+,26+,27+,28+,30+,33-,34-,35-,36?/m1/s1. The summed E-state index contributed by atoms with van der Waals surface area (Å²) in [5, 5.41) is 11.0. The second-order valence-corrected chi connectivity index (χ2v) is 17.2. The Hall–Kier alpha value is -1.68. The first kappa shape index (κ1) is 33.2. The molecule has 6 rings (SSSR count). The molecule has 5 saturated carbocycles. The minimum absolute atomic E-state index is 0.0722. The summed E-state index contributed by atoms with van der Waals surface area (Å²) in [5.41, 5.74) is -2.00. The number of carbonyl (C=O) groups is 4. The highest BCUT2D eigenvalue weighted by Crippen LogP contribution is 2.89. The Morgan fingerprint density at radius 1 is 1.07 bits per heavy atom. The van der Waals surface area contributed by atoms with Crippen molar-refractivity contribution in [3.8, 4) is 0 Å². The summed E-state index contributed by atoms with van der Waals surface area (Å²) in [4.78, 5) is 49.4. The lowest BCUT2D eigenvalue weighted by atomic mass is 9.41. The number of rotatable bonds is 9. The molecule has 1 saturated heterocycles. The molecular weight excluding hydrogens is 576 g/mol. The molecule has 1 heterocycles. The maximum atomic E-state index is 14.9. The Labute approximate surface area is 267 Å². The summed E-state index contributed by atoms with van der Waals surface area (Å²) in [6.07, 6.45) is 5.69. The quantitative estimate of drug-likeness (QED) is 0.217. The maximum Gasteiger partial charge on any atom is 0.303 e.